The van der Waals surface area contributed by atoms with Crippen LogP contribution in [-0.4, -0.2) is 36.2 Å². The molecule has 2 aromatic carbocycles. The van der Waals surface area contributed by atoms with Crippen LogP contribution in [0.2, 0.25) is 0 Å². The molecule has 1 saturated carbocycles. The topological polar surface area (TPSA) is 101 Å². The molecular weight excluding hydrogens is 702 g/mol. The first-order chi connectivity index (χ1) is 17.7. The SMILES string of the molecule is CCOC(=O)C1=CC2[C@@H]3C(=O)N(c4ccc(I)cc4)C(=O)[C@@H]3C1[C@@H]1C(=O)N(c3ccc(I)cc3)C(=O)[C@@H]21. The van der Waals surface area contributed by atoms with Crippen LogP contribution in [0.1, 0.15) is 6.92 Å². The quantitative estimate of drug-likeness (QED) is 0.272. The molecule has 7 rings (SSSR count). The van der Waals surface area contributed by atoms with E-state index in [1.54, 1.807) is 61.5 Å². The smallest absolute Gasteiger partial charge is 0.334 e. The van der Waals surface area contributed by atoms with Crippen molar-refractivity contribution in [1.29, 1.82) is 0 Å². The Bertz CT molecular complexity index is 1310. The van der Waals surface area contributed by atoms with Crippen molar-refractivity contribution in [3.63, 3.8) is 0 Å². The van der Waals surface area contributed by atoms with Crippen molar-refractivity contribution < 1.29 is 28.7 Å². The number of benzene rings is 2. The first kappa shape index (κ1) is 24.7. The van der Waals surface area contributed by atoms with Gasteiger partial charge >= 0.3 is 5.97 Å². The van der Waals surface area contributed by atoms with Crippen LogP contribution >= 0.6 is 45.2 Å². The number of carbonyl (C=O) groups is 5. The zero-order valence-electron chi connectivity index (χ0n) is 19.5. The second-order valence-electron chi connectivity index (χ2n) is 9.53. The van der Waals surface area contributed by atoms with E-state index in [9.17, 15) is 24.0 Å². The highest BCUT2D eigenvalue weighted by Crippen LogP contribution is 2.60. The fourth-order valence-corrected chi connectivity index (χ4v) is 7.18. The van der Waals surface area contributed by atoms with Crippen molar-refractivity contribution in [2.24, 2.45) is 35.5 Å². The van der Waals surface area contributed by atoms with Gasteiger partial charge in [0.1, 0.15) is 0 Å². The number of anilines is 2. The zero-order valence-corrected chi connectivity index (χ0v) is 23.8. The Morgan fingerprint density at radius 3 is 1.51 bits per heavy atom. The Balaban J connectivity index is 1.46. The number of halogens is 2. The van der Waals surface area contributed by atoms with Gasteiger partial charge in [-0.25, -0.2) is 4.79 Å². The summed E-state index contributed by atoms with van der Waals surface area (Å²) in [6.07, 6.45) is 1.62. The Morgan fingerprint density at radius 1 is 0.703 bits per heavy atom. The number of hydrogen-bond acceptors (Lipinski definition) is 6. The van der Waals surface area contributed by atoms with Crippen LogP contribution < -0.4 is 9.80 Å². The molecule has 5 aliphatic rings. The van der Waals surface area contributed by atoms with E-state index >= 15 is 0 Å². The summed E-state index contributed by atoms with van der Waals surface area (Å²) < 4.78 is 7.18. The van der Waals surface area contributed by atoms with E-state index < -0.39 is 65.1 Å². The third-order valence-corrected chi connectivity index (χ3v) is 9.25. The van der Waals surface area contributed by atoms with Crippen LogP contribution in [0.4, 0.5) is 11.4 Å². The van der Waals surface area contributed by atoms with Crippen molar-refractivity contribution in [3.05, 3.63) is 67.3 Å². The number of amides is 4. The minimum absolute atomic E-state index is 0.124. The average Bonchev–Trinajstić information content (AvgIpc) is 3.32. The van der Waals surface area contributed by atoms with Gasteiger partial charge in [-0.15, -0.1) is 0 Å². The molecule has 2 bridgehead atoms. The van der Waals surface area contributed by atoms with Crippen LogP contribution in [0.15, 0.2) is 60.2 Å². The van der Waals surface area contributed by atoms with Gasteiger partial charge in [-0.3, -0.25) is 29.0 Å². The summed E-state index contributed by atoms with van der Waals surface area (Å²) in [5.74, 6) is -7.52. The molecule has 0 spiro atoms. The summed E-state index contributed by atoms with van der Waals surface area (Å²) in [5.41, 5.74) is 1.08. The Morgan fingerprint density at radius 2 is 1.11 bits per heavy atom. The zero-order chi connectivity index (χ0) is 26.2. The lowest BCUT2D eigenvalue weighted by Crippen LogP contribution is -2.53. The van der Waals surface area contributed by atoms with E-state index in [1.807, 2.05) is 0 Å². The van der Waals surface area contributed by atoms with E-state index in [1.165, 1.54) is 0 Å². The van der Waals surface area contributed by atoms with E-state index in [-0.39, 0.29) is 12.2 Å². The van der Waals surface area contributed by atoms with Gasteiger partial charge < -0.3 is 4.74 Å². The highest BCUT2D eigenvalue weighted by molar-refractivity contribution is 14.1. The highest BCUT2D eigenvalue weighted by Gasteiger charge is 2.71. The molecule has 2 aliphatic heterocycles. The van der Waals surface area contributed by atoms with Crippen molar-refractivity contribution in [2.75, 3.05) is 16.4 Å². The third-order valence-electron chi connectivity index (χ3n) is 7.81. The summed E-state index contributed by atoms with van der Waals surface area (Å²) >= 11 is 4.28. The molecule has 2 aromatic rings. The summed E-state index contributed by atoms with van der Waals surface area (Å²) in [5, 5.41) is 0. The van der Waals surface area contributed by atoms with Gasteiger partial charge in [0.2, 0.25) is 23.6 Å². The van der Waals surface area contributed by atoms with Crippen molar-refractivity contribution in [3.8, 4) is 0 Å². The van der Waals surface area contributed by atoms with Crippen molar-refractivity contribution in [2.45, 2.75) is 6.92 Å². The van der Waals surface area contributed by atoms with Crippen LogP contribution in [0.3, 0.4) is 0 Å². The average molecular weight is 722 g/mol. The minimum atomic E-state index is -0.922. The maximum atomic E-state index is 13.8. The molecule has 0 radical (unpaired) electrons. The largest absolute Gasteiger partial charge is 0.463 e. The molecule has 0 aromatic heterocycles. The standard InChI is InChI=1S/C27H20I2N2O6/c1-2-37-27(36)17-11-16-19-21(25(34)30(23(19)32)14-7-3-12(28)4-8-14)18(17)22-20(16)24(33)31(26(22)35)15-9-5-13(29)6-10-15/h3-11,16,18-22H,2H2,1H3/t16?,18?,19-,20-,21-,22+/m0/s1. The van der Waals surface area contributed by atoms with Crippen molar-refractivity contribution >= 4 is 86.2 Å². The second kappa shape index (κ2) is 9.00. The Hall–Kier alpha value is -2.61. The fraction of sp³-hybridized carbons (Fsp3) is 0.296. The number of nitrogens with zero attached hydrogens (tertiary/aromatic N) is 2. The van der Waals surface area contributed by atoms with Gasteiger partial charge in [-0.2, -0.15) is 0 Å². The first-order valence-electron chi connectivity index (χ1n) is 11.9. The number of allylic oxidation sites excluding steroid dienone is 1. The maximum absolute atomic E-state index is 13.8. The highest BCUT2D eigenvalue weighted by atomic mass is 127. The van der Waals surface area contributed by atoms with Crippen LogP contribution in [0, 0.1) is 42.6 Å². The van der Waals surface area contributed by atoms with Gasteiger partial charge in [0.15, 0.2) is 0 Å². The first-order valence-corrected chi connectivity index (χ1v) is 14.1. The van der Waals surface area contributed by atoms with E-state index in [0.29, 0.717) is 11.4 Å². The van der Waals surface area contributed by atoms with Gasteiger partial charge in [-0.1, -0.05) is 6.08 Å². The van der Waals surface area contributed by atoms with E-state index in [4.69, 9.17) is 4.74 Å². The third kappa shape index (κ3) is 3.54. The Labute approximate surface area is 239 Å². The number of carbonyl (C=O) groups excluding carboxylic acids is 5. The molecule has 2 saturated heterocycles. The minimum Gasteiger partial charge on any atom is -0.463 e. The number of imide groups is 2. The Kier molecular flexibility index (Phi) is 6.01. The van der Waals surface area contributed by atoms with Gasteiger partial charge in [0.25, 0.3) is 0 Å². The maximum Gasteiger partial charge on any atom is 0.334 e. The molecule has 10 heteroatoms. The lowest BCUT2D eigenvalue weighted by Gasteiger charge is -2.46. The lowest BCUT2D eigenvalue weighted by molar-refractivity contribution is -0.146. The molecule has 188 valence electrons. The molecule has 4 amide bonds. The van der Waals surface area contributed by atoms with Crippen LogP contribution in [0.25, 0.3) is 0 Å². The predicted octanol–water partition coefficient (Wildman–Crippen LogP) is 3.56. The van der Waals surface area contributed by atoms with Crippen molar-refractivity contribution in [1.82, 2.24) is 0 Å². The monoisotopic (exact) mass is 722 g/mol. The number of hydrogen-bond donors (Lipinski definition) is 0. The molecule has 37 heavy (non-hydrogen) atoms. The predicted molar refractivity (Wildman–Crippen MR) is 149 cm³/mol. The summed E-state index contributed by atoms with van der Waals surface area (Å²) in [7, 11) is 0. The fourth-order valence-electron chi connectivity index (χ4n) is 6.46. The van der Waals surface area contributed by atoms with Crippen LogP contribution in [0.5, 0.6) is 0 Å². The van der Waals surface area contributed by atoms with Gasteiger partial charge in [-0.05, 0) is 101 Å². The molecular formula is C27H20I2N2O6. The van der Waals surface area contributed by atoms with E-state index in [0.717, 1.165) is 16.9 Å². The number of esters is 1. The van der Waals surface area contributed by atoms with E-state index in [2.05, 4.69) is 45.2 Å². The molecule has 0 N–H and O–H groups in total. The van der Waals surface area contributed by atoms with Crippen LogP contribution in [-0.2, 0) is 28.7 Å². The second-order valence-corrected chi connectivity index (χ2v) is 12.0. The molecule has 3 fully saturated rings. The van der Waals surface area contributed by atoms with Gasteiger partial charge in [0, 0.05) is 24.5 Å². The summed E-state index contributed by atoms with van der Waals surface area (Å²) in [6, 6.07) is 14.0. The number of ether oxygens (including phenoxy) is 1. The van der Waals surface area contributed by atoms with Gasteiger partial charge in [0.05, 0.1) is 41.7 Å². The molecule has 8 nitrogen and oxygen atoms in total. The lowest BCUT2D eigenvalue weighted by atomic mass is 9.52. The normalized spacial score (nSPS) is 30.0. The molecule has 2 heterocycles. The number of rotatable bonds is 4. The molecule has 2 unspecified atom stereocenters. The summed E-state index contributed by atoms with van der Waals surface area (Å²) in [4.78, 5) is 70.5. The molecule has 6 atom stereocenters. The summed E-state index contributed by atoms with van der Waals surface area (Å²) in [6.45, 7) is 1.80. The molecule has 3 aliphatic carbocycles.